The summed E-state index contributed by atoms with van der Waals surface area (Å²) in [5, 5.41) is 7.44. The van der Waals surface area contributed by atoms with E-state index in [1.807, 2.05) is 0 Å². The number of halogens is 2. The minimum absolute atomic E-state index is 0.149. The van der Waals surface area contributed by atoms with Crippen molar-refractivity contribution in [2.24, 2.45) is 0 Å². The van der Waals surface area contributed by atoms with E-state index in [4.69, 9.17) is 16.0 Å². The van der Waals surface area contributed by atoms with Gasteiger partial charge in [-0.3, -0.25) is 0 Å². The van der Waals surface area contributed by atoms with Crippen LogP contribution in [0.15, 0.2) is 58.2 Å². The summed E-state index contributed by atoms with van der Waals surface area (Å²) in [5.74, 6) is -0.464. The largest absolute Gasteiger partial charge is 0.412 e. The molecule has 0 fully saturated rings. The second-order valence-electron chi connectivity index (χ2n) is 5.15. The highest BCUT2D eigenvalue weighted by Crippen LogP contribution is 2.18. The highest BCUT2D eigenvalue weighted by molar-refractivity contribution is 7.90. The Bertz CT molecular complexity index is 938. The molecular weight excluding hydrogens is 355 g/mol. The molecule has 0 unspecified atom stereocenters. The fourth-order valence-corrected chi connectivity index (χ4v) is 3.34. The number of rotatable bonds is 5. The third kappa shape index (κ3) is 3.98. The summed E-state index contributed by atoms with van der Waals surface area (Å²) in [6, 6.07) is 12.2. The van der Waals surface area contributed by atoms with Crippen LogP contribution in [-0.4, -0.2) is 18.6 Å². The lowest BCUT2D eigenvalue weighted by Crippen LogP contribution is -2.05. The topological polar surface area (TPSA) is 73.1 Å². The molecule has 0 radical (unpaired) electrons. The van der Waals surface area contributed by atoms with E-state index in [1.165, 1.54) is 12.1 Å². The standard InChI is InChI=1S/C16H12ClFN2O3S/c17-13-5-1-12(2-6-13)10-24(21,22)16-20-19-15(23-16)9-11-3-7-14(18)8-4-11/h1-8H,9-10H2. The molecule has 1 aromatic heterocycles. The van der Waals surface area contributed by atoms with Gasteiger partial charge in [0, 0.05) is 5.02 Å². The molecule has 8 heteroatoms. The first-order chi connectivity index (χ1) is 11.4. The van der Waals surface area contributed by atoms with Crippen LogP contribution in [-0.2, 0) is 22.0 Å². The number of sulfone groups is 1. The van der Waals surface area contributed by atoms with Gasteiger partial charge in [-0.05, 0) is 35.4 Å². The smallest absolute Gasteiger partial charge is 0.335 e. The summed E-state index contributed by atoms with van der Waals surface area (Å²) in [6.45, 7) is 0. The molecule has 0 saturated carbocycles. The second-order valence-corrected chi connectivity index (χ2v) is 7.45. The van der Waals surface area contributed by atoms with Crippen LogP contribution in [0.4, 0.5) is 4.39 Å². The lowest BCUT2D eigenvalue weighted by atomic mass is 10.1. The average molecular weight is 367 g/mol. The summed E-state index contributed by atoms with van der Waals surface area (Å²) in [7, 11) is -3.75. The molecule has 24 heavy (non-hydrogen) atoms. The Hall–Kier alpha value is -2.25. The summed E-state index contributed by atoms with van der Waals surface area (Å²) in [6.07, 6.45) is 0.226. The van der Waals surface area contributed by atoms with Gasteiger partial charge < -0.3 is 4.42 Å². The van der Waals surface area contributed by atoms with Gasteiger partial charge in [0.2, 0.25) is 15.7 Å². The molecule has 0 amide bonds. The van der Waals surface area contributed by atoms with E-state index in [9.17, 15) is 12.8 Å². The van der Waals surface area contributed by atoms with Gasteiger partial charge in [0.15, 0.2) is 0 Å². The predicted octanol–water partition coefficient (Wildman–Crippen LogP) is 3.43. The van der Waals surface area contributed by atoms with E-state index >= 15 is 0 Å². The molecular formula is C16H12ClFN2O3S. The number of nitrogens with zero attached hydrogens (tertiary/aromatic N) is 2. The van der Waals surface area contributed by atoms with E-state index in [2.05, 4.69) is 10.2 Å². The zero-order valence-electron chi connectivity index (χ0n) is 12.3. The molecule has 3 aromatic rings. The summed E-state index contributed by atoms with van der Waals surface area (Å²) in [4.78, 5) is 0. The van der Waals surface area contributed by atoms with E-state index in [1.54, 1.807) is 36.4 Å². The normalized spacial score (nSPS) is 11.6. The van der Waals surface area contributed by atoms with Crippen molar-refractivity contribution >= 4 is 21.4 Å². The molecule has 0 spiro atoms. The van der Waals surface area contributed by atoms with Gasteiger partial charge in [-0.15, -0.1) is 5.10 Å². The van der Waals surface area contributed by atoms with Crippen LogP contribution >= 0.6 is 11.6 Å². The number of hydrogen-bond donors (Lipinski definition) is 0. The van der Waals surface area contributed by atoms with Gasteiger partial charge in [0.25, 0.3) is 0 Å². The molecule has 3 rings (SSSR count). The monoisotopic (exact) mass is 366 g/mol. The van der Waals surface area contributed by atoms with Gasteiger partial charge in [0.05, 0.1) is 12.2 Å². The molecule has 0 saturated heterocycles. The van der Waals surface area contributed by atoms with E-state index in [0.717, 1.165) is 5.56 Å². The molecule has 2 aromatic carbocycles. The zero-order valence-corrected chi connectivity index (χ0v) is 13.9. The Morgan fingerprint density at radius 3 is 2.25 bits per heavy atom. The number of hydrogen-bond acceptors (Lipinski definition) is 5. The first kappa shape index (κ1) is 16.6. The van der Waals surface area contributed by atoms with E-state index < -0.39 is 15.1 Å². The molecule has 0 atom stereocenters. The fraction of sp³-hybridized carbons (Fsp3) is 0.125. The molecule has 0 N–H and O–H groups in total. The molecule has 0 aliphatic heterocycles. The lowest BCUT2D eigenvalue weighted by molar-refractivity contribution is 0.402. The Balaban J connectivity index is 1.76. The molecule has 1 heterocycles. The maximum atomic E-state index is 12.9. The lowest BCUT2D eigenvalue weighted by Gasteiger charge is -2.00. The highest BCUT2D eigenvalue weighted by Gasteiger charge is 2.23. The van der Waals surface area contributed by atoms with E-state index in [-0.39, 0.29) is 23.9 Å². The molecule has 5 nitrogen and oxygen atoms in total. The number of benzene rings is 2. The van der Waals surface area contributed by atoms with Gasteiger partial charge in [0.1, 0.15) is 5.82 Å². The van der Waals surface area contributed by atoms with E-state index in [0.29, 0.717) is 10.6 Å². The van der Waals surface area contributed by atoms with Crippen molar-refractivity contribution in [1.82, 2.24) is 10.2 Å². The maximum absolute atomic E-state index is 12.9. The Morgan fingerprint density at radius 2 is 1.58 bits per heavy atom. The minimum Gasteiger partial charge on any atom is -0.412 e. The Kier molecular flexibility index (Phi) is 4.64. The van der Waals surface area contributed by atoms with Crippen molar-refractivity contribution in [2.75, 3.05) is 0 Å². The third-order valence-electron chi connectivity index (χ3n) is 3.25. The molecule has 0 aliphatic carbocycles. The van der Waals surface area contributed by atoms with Gasteiger partial charge >= 0.3 is 5.22 Å². The number of aromatic nitrogens is 2. The Labute approximate surface area is 143 Å². The van der Waals surface area contributed by atoms with Crippen LogP contribution in [0.25, 0.3) is 0 Å². The van der Waals surface area contributed by atoms with Crippen molar-refractivity contribution in [1.29, 1.82) is 0 Å². The highest BCUT2D eigenvalue weighted by atomic mass is 35.5. The van der Waals surface area contributed by atoms with Crippen molar-refractivity contribution in [3.8, 4) is 0 Å². The zero-order chi connectivity index (χ0) is 17.2. The molecule has 0 bridgehead atoms. The van der Waals surface area contributed by atoms with Gasteiger partial charge in [-0.25, -0.2) is 12.8 Å². The van der Waals surface area contributed by atoms with Crippen molar-refractivity contribution in [3.63, 3.8) is 0 Å². The van der Waals surface area contributed by atoms with Crippen LogP contribution < -0.4 is 0 Å². The Morgan fingerprint density at radius 1 is 0.958 bits per heavy atom. The van der Waals surface area contributed by atoms with Crippen LogP contribution in [0.3, 0.4) is 0 Å². The predicted molar refractivity (Wildman–Crippen MR) is 85.8 cm³/mol. The van der Waals surface area contributed by atoms with Crippen LogP contribution in [0.5, 0.6) is 0 Å². The summed E-state index contributed by atoms with van der Waals surface area (Å²) in [5.41, 5.74) is 1.30. The van der Waals surface area contributed by atoms with Gasteiger partial charge in [-0.1, -0.05) is 41.0 Å². The van der Waals surface area contributed by atoms with Crippen LogP contribution in [0.2, 0.25) is 5.02 Å². The van der Waals surface area contributed by atoms with Crippen LogP contribution in [0, 0.1) is 5.82 Å². The van der Waals surface area contributed by atoms with Crippen molar-refractivity contribution < 1.29 is 17.2 Å². The quantitative estimate of drug-likeness (QED) is 0.691. The SMILES string of the molecule is O=S(=O)(Cc1ccc(Cl)cc1)c1nnc(Cc2ccc(F)cc2)o1. The first-order valence-electron chi connectivity index (χ1n) is 6.96. The van der Waals surface area contributed by atoms with Gasteiger partial charge in [-0.2, -0.15) is 0 Å². The maximum Gasteiger partial charge on any atom is 0.335 e. The third-order valence-corrected chi connectivity index (χ3v) is 4.92. The second kappa shape index (κ2) is 6.70. The summed E-state index contributed by atoms with van der Waals surface area (Å²) >= 11 is 5.78. The molecule has 0 aliphatic rings. The van der Waals surface area contributed by atoms with Crippen molar-refractivity contribution in [3.05, 3.63) is 76.4 Å². The van der Waals surface area contributed by atoms with Crippen molar-refractivity contribution in [2.45, 2.75) is 17.4 Å². The first-order valence-corrected chi connectivity index (χ1v) is 8.99. The minimum atomic E-state index is -3.75. The average Bonchev–Trinajstić information content (AvgIpc) is 3.01. The summed E-state index contributed by atoms with van der Waals surface area (Å²) < 4.78 is 42.8. The van der Waals surface area contributed by atoms with Crippen LogP contribution in [0.1, 0.15) is 17.0 Å². The molecule has 124 valence electrons. The fourth-order valence-electron chi connectivity index (χ4n) is 2.07.